The number of rotatable bonds is 5. The zero-order valence-corrected chi connectivity index (χ0v) is 19.1. The number of urea groups is 1. The Bertz CT molecular complexity index is 1050. The van der Waals surface area contributed by atoms with Gasteiger partial charge >= 0.3 is 6.03 Å². The van der Waals surface area contributed by atoms with Crippen molar-refractivity contribution in [1.82, 2.24) is 10.6 Å². The summed E-state index contributed by atoms with van der Waals surface area (Å²) < 4.78 is 11.4. The summed E-state index contributed by atoms with van der Waals surface area (Å²) in [5, 5.41) is 8.51. The van der Waals surface area contributed by atoms with E-state index in [0.717, 1.165) is 16.8 Å². The number of methoxy groups -OCH3 is 2. The van der Waals surface area contributed by atoms with Crippen LogP contribution in [0.3, 0.4) is 0 Å². The third-order valence-electron chi connectivity index (χ3n) is 4.97. The quantitative estimate of drug-likeness (QED) is 0.602. The molecule has 30 heavy (non-hydrogen) atoms. The van der Waals surface area contributed by atoms with Crippen LogP contribution in [-0.2, 0) is 4.79 Å². The Hall–Kier alpha value is -3.00. The SMILES string of the molecule is COc1cc(Br)c(C2NC(=O)NC(C)=C2C(=O)Nc2cc(C)ccc2C)cc1OC. The number of carbonyl (C=O) groups is 2. The molecule has 3 amide bonds. The summed E-state index contributed by atoms with van der Waals surface area (Å²) in [6.07, 6.45) is 0. The zero-order valence-electron chi connectivity index (χ0n) is 17.5. The molecule has 3 N–H and O–H groups in total. The van der Waals surface area contributed by atoms with Crippen molar-refractivity contribution >= 4 is 33.6 Å². The minimum absolute atomic E-state index is 0.305. The number of carbonyl (C=O) groups excluding carboxylic acids is 2. The molecule has 0 radical (unpaired) electrons. The lowest BCUT2D eigenvalue weighted by Crippen LogP contribution is -2.46. The van der Waals surface area contributed by atoms with E-state index in [9.17, 15) is 9.59 Å². The average Bonchev–Trinajstić information content (AvgIpc) is 2.69. The van der Waals surface area contributed by atoms with Crippen molar-refractivity contribution < 1.29 is 19.1 Å². The van der Waals surface area contributed by atoms with Crippen LogP contribution in [0.15, 0.2) is 46.1 Å². The number of ether oxygens (including phenoxy) is 2. The minimum Gasteiger partial charge on any atom is -0.493 e. The van der Waals surface area contributed by atoms with Gasteiger partial charge in [0.25, 0.3) is 5.91 Å². The van der Waals surface area contributed by atoms with Crippen LogP contribution in [0.2, 0.25) is 0 Å². The van der Waals surface area contributed by atoms with Gasteiger partial charge in [-0.05, 0) is 55.7 Å². The number of amides is 3. The van der Waals surface area contributed by atoms with Crippen molar-refractivity contribution in [1.29, 1.82) is 0 Å². The summed E-state index contributed by atoms with van der Waals surface area (Å²) in [6.45, 7) is 5.60. The fraction of sp³-hybridized carbons (Fsp3) is 0.273. The molecule has 1 unspecified atom stereocenters. The summed E-state index contributed by atoms with van der Waals surface area (Å²) >= 11 is 3.53. The van der Waals surface area contributed by atoms with Gasteiger partial charge in [-0.15, -0.1) is 0 Å². The van der Waals surface area contributed by atoms with E-state index >= 15 is 0 Å². The van der Waals surface area contributed by atoms with Gasteiger partial charge in [0.1, 0.15) is 0 Å². The van der Waals surface area contributed by atoms with Gasteiger partial charge in [-0.2, -0.15) is 0 Å². The number of halogens is 1. The van der Waals surface area contributed by atoms with Gasteiger partial charge < -0.3 is 25.4 Å². The summed E-state index contributed by atoms with van der Waals surface area (Å²) in [4.78, 5) is 25.5. The number of hydrogen-bond donors (Lipinski definition) is 3. The van der Waals surface area contributed by atoms with Crippen LogP contribution in [0.5, 0.6) is 11.5 Å². The van der Waals surface area contributed by atoms with E-state index in [1.807, 2.05) is 32.0 Å². The molecular weight excluding hydrogens is 450 g/mol. The fourth-order valence-electron chi connectivity index (χ4n) is 3.38. The molecule has 1 heterocycles. The highest BCUT2D eigenvalue weighted by molar-refractivity contribution is 9.10. The number of aryl methyl sites for hydroxylation is 2. The van der Waals surface area contributed by atoms with Crippen LogP contribution >= 0.6 is 15.9 Å². The Morgan fingerprint density at radius 3 is 2.40 bits per heavy atom. The second kappa shape index (κ2) is 8.79. The first kappa shape index (κ1) is 21.7. The second-order valence-electron chi connectivity index (χ2n) is 7.07. The highest BCUT2D eigenvalue weighted by Crippen LogP contribution is 2.39. The van der Waals surface area contributed by atoms with Crippen molar-refractivity contribution in [2.75, 3.05) is 19.5 Å². The number of benzene rings is 2. The molecule has 0 saturated carbocycles. The highest BCUT2D eigenvalue weighted by atomic mass is 79.9. The first-order chi connectivity index (χ1) is 14.2. The maximum atomic E-state index is 13.3. The Kier molecular flexibility index (Phi) is 6.36. The fourth-order valence-corrected chi connectivity index (χ4v) is 3.93. The van der Waals surface area contributed by atoms with Gasteiger partial charge in [-0.1, -0.05) is 28.1 Å². The third-order valence-corrected chi connectivity index (χ3v) is 5.66. The molecule has 0 bridgehead atoms. The van der Waals surface area contributed by atoms with Crippen molar-refractivity contribution in [2.45, 2.75) is 26.8 Å². The summed E-state index contributed by atoms with van der Waals surface area (Å²) in [7, 11) is 3.08. The lowest BCUT2D eigenvalue weighted by Gasteiger charge is -2.30. The molecule has 0 fully saturated rings. The Labute approximate surface area is 184 Å². The van der Waals surface area contributed by atoms with Crippen LogP contribution < -0.4 is 25.4 Å². The molecule has 7 nitrogen and oxygen atoms in total. The van der Waals surface area contributed by atoms with Crippen LogP contribution in [0.4, 0.5) is 10.5 Å². The van der Waals surface area contributed by atoms with Gasteiger partial charge in [0.15, 0.2) is 11.5 Å². The summed E-state index contributed by atoms with van der Waals surface area (Å²) in [6, 6.07) is 8.28. The molecular formula is C22H24BrN3O4. The number of allylic oxidation sites excluding steroid dienone is 1. The second-order valence-corrected chi connectivity index (χ2v) is 7.93. The van der Waals surface area contributed by atoms with E-state index in [4.69, 9.17) is 9.47 Å². The third kappa shape index (κ3) is 4.28. The lowest BCUT2D eigenvalue weighted by atomic mass is 9.94. The van der Waals surface area contributed by atoms with Gasteiger partial charge in [-0.25, -0.2) is 4.79 Å². The van der Waals surface area contributed by atoms with E-state index in [1.54, 1.807) is 26.2 Å². The molecule has 158 valence electrons. The molecule has 1 aliphatic rings. The van der Waals surface area contributed by atoms with E-state index in [2.05, 4.69) is 31.9 Å². The van der Waals surface area contributed by atoms with E-state index in [-0.39, 0.29) is 11.9 Å². The van der Waals surface area contributed by atoms with E-state index in [1.165, 1.54) is 7.11 Å². The Morgan fingerprint density at radius 2 is 1.73 bits per heavy atom. The molecule has 8 heteroatoms. The largest absolute Gasteiger partial charge is 0.493 e. The van der Waals surface area contributed by atoms with Gasteiger partial charge in [0.2, 0.25) is 0 Å². The van der Waals surface area contributed by atoms with Crippen LogP contribution in [0.1, 0.15) is 29.7 Å². The molecule has 0 aromatic heterocycles. The number of anilines is 1. The molecule has 1 atom stereocenters. The normalized spacial score (nSPS) is 15.9. The zero-order chi connectivity index (χ0) is 22.0. The monoisotopic (exact) mass is 473 g/mol. The Balaban J connectivity index is 2.05. The highest BCUT2D eigenvalue weighted by Gasteiger charge is 2.33. The number of nitrogens with one attached hydrogen (secondary N) is 3. The predicted octanol–water partition coefficient (Wildman–Crippen LogP) is 4.35. The molecule has 3 rings (SSSR count). The first-order valence-corrected chi connectivity index (χ1v) is 10.1. The molecule has 0 aliphatic carbocycles. The van der Waals surface area contributed by atoms with Crippen LogP contribution in [0, 0.1) is 13.8 Å². The standard InChI is InChI=1S/C22H24BrN3O4/c1-11-6-7-12(2)16(8-11)25-21(27)19-13(3)24-22(28)26-20(19)14-9-17(29-4)18(30-5)10-15(14)23/h6-10,20H,1-5H3,(H,25,27)(H2,24,26,28). The van der Waals surface area contributed by atoms with E-state index < -0.39 is 6.04 Å². The topological polar surface area (TPSA) is 88.7 Å². The minimum atomic E-state index is -0.682. The van der Waals surface area contributed by atoms with Crippen LogP contribution in [0.25, 0.3) is 0 Å². The predicted molar refractivity (Wildman–Crippen MR) is 119 cm³/mol. The van der Waals surface area contributed by atoms with Gasteiger partial charge in [0, 0.05) is 15.9 Å². The van der Waals surface area contributed by atoms with Crippen molar-refractivity contribution in [3.05, 3.63) is 62.8 Å². The number of hydrogen-bond acceptors (Lipinski definition) is 4. The Morgan fingerprint density at radius 1 is 1.07 bits per heavy atom. The molecule has 2 aromatic rings. The molecule has 1 aliphatic heterocycles. The first-order valence-electron chi connectivity index (χ1n) is 9.33. The molecule has 0 spiro atoms. The maximum absolute atomic E-state index is 13.3. The summed E-state index contributed by atoms with van der Waals surface area (Å²) in [5.41, 5.74) is 4.27. The van der Waals surface area contributed by atoms with Gasteiger partial charge in [0.05, 0.1) is 25.8 Å². The maximum Gasteiger partial charge on any atom is 0.319 e. The van der Waals surface area contributed by atoms with Crippen LogP contribution in [-0.4, -0.2) is 26.2 Å². The van der Waals surface area contributed by atoms with E-state index in [0.29, 0.717) is 32.8 Å². The van der Waals surface area contributed by atoms with Crippen molar-refractivity contribution in [2.24, 2.45) is 0 Å². The average molecular weight is 474 g/mol. The van der Waals surface area contributed by atoms with Gasteiger partial charge in [-0.3, -0.25) is 4.79 Å². The summed E-state index contributed by atoms with van der Waals surface area (Å²) in [5.74, 6) is 0.728. The molecule has 2 aromatic carbocycles. The van der Waals surface area contributed by atoms with Crippen molar-refractivity contribution in [3.63, 3.8) is 0 Å². The van der Waals surface area contributed by atoms with Crippen molar-refractivity contribution in [3.8, 4) is 11.5 Å². The molecule has 0 saturated heterocycles. The lowest BCUT2D eigenvalue weighted by molar-refractivity contribution is -0.113. The smallest absolute Gasteiger partial charge is 0.319 e.